The molecule has 0 heterocycles. The van der Waals surface area contributed by atoms with Crippen LogP contribution in [0.5, 0.6) is 5.75 Å². The molecule has 0 bridgehead atoms. The molecular weight excluding hydrogens is 444 g/mol. The first-order valence-corrected chi connectivity index (χ1v) is 13.8. The Hall–Kier alpha value is -1.82. The van der Waals surface area contributed by atoms with Crippen LogP contribution in [-0.4, -0.2) is 10.2 Å². The van der Waals surface area contributed by atoms with Gasteiger partial charge in [-0.3, -0.25) is 0 Å². The summed E-state index contributed by atoms with van der Waals surface area (Å²) < 4.78 is 62.4. The molecule has 2 aromatic carbocycles. The van der Waals surface area contributed by atoms with E-state index in [9.17, 15) is 17.6 Å². The highest BCUT2D eigenvalue weighted by Crippen LogP contribution is 2.45. The predicted molar refractivity (Wildman–Crippen MR) is 127 cm³/mol. The number of aryl methyl sites for hydroxylation is 1. The van der Waals surface area contributed by atoms with Crippen molar-refractivity contribution >= 4 is 10.2 Å². The van der Waals surface area contributed by atoms with E-state index in [4.69, 9.17) is 0 Å². The minimum atomic E-state index is -3.89. The van der Waals surface area contributed by atoms with Crippen molar-refractivity contribution < 1.29 is 22.3 Å². The molecule has 2 aliphatic carbocycles. The van der Waals surface area contributed by atoms with Gasteiger partial charge < -0.3 is 4.74 Å². The summed E-state index contributed by atoms with van der Waals surface area (Å²) in [5, 5.41) is 0. The summed E-state index contributed by atoms with van der Waals surface area (Å²) >= 11 is 0. The first-order chi connectivity index (χ1) is 15.8. The lowest BCUT2D eigenvalue weighted by Crippen LogP contribution is -2.26. The van der Waals surface area contributed by atoms with E-state index in [1.54, 1.807) is 6.07 Å². The van der Waals surface area contributed by atoms with Gasteiger partial charge >= 0.3 is 6.11 Å². The number of ether oxygens (including phenoxy) is 1. The van der Waals surface area contributed by atoms with E-state index in [0.717, 1.165) is 61.1 Å². The van der Waals surface area contributed by atoms with Crippen LogP contribution < -0.4 is 4.74 Å². The molecule has 0 unspecified atom stereocenters. The number of hydrogen-bond donors (Lipinski definition) is 0. The van der Waals surface area contributed by atoms with E-state index in [1.807, 2.05) is 0 Å². The minimum Gasteiger partial charge on any atom is -0.429 e. The van der Waals surface area contributed by atoms with Crippen molar-refractivity contribution in [2.45, 2.75) is 76.4 Å². The third-order valence-corrected chi connectivity index (χ3v) is 9.23. The Labute approximate surface area is 197 Å². The largest absolute Gasteiger partial charge is 0.429 e. The Morgan fingerprint density at radius 1 is 0.848 bits per heavy atom. The van der Waals surface area contributed by atoms with Crippen molar-refractivity contribution in [3.05, 3.63) is 64.7 Å². The molecule has 6 heteroatoms. The highest BCUT2D eigenvalue weighted by atomic mass is 28.1. The van der Waals surface area contributed by atoms with Gasteiger partial charge in [-0.05, 0) is 98.4 Å². The van der Waals surface area contributed by atoms with Gasteiger partial charge in [-0.2, -0.15) is 8.78 Å². The molecule has 0 aliphatic heterocycles. The number of rotatable bonds is 6. The zero-order valence-electron chi connectivity index (χ0n) is 19.6. The Morgan fingerprint density at radius 3 is 2.06 bits per heavy atom. The molecule has 0 radical (unpaired) electrons. The van der Waals surface area contributed by atoms with Crippen LogP contribution in [0.1, 0.15) is 74.0 Å². The van der Waals surface area contributed by atoms with Crippen molar-refractivity contribution in [3.8, 4) is 5.75 Å². The van der Waals surface area contributed by atoms with Gasteiger partial charge in [-0.1, -0.05) is 31.0 Å². The van der Waals surface area contributed by atoms with Gasteiger partial charge in [0, 0.05) is 16.3 Å². The molecule has 0 aromatic heterocycles. The maximum Gasteiger partial charge on any atom is 0.429 e. The van der Waals surface area contributed by atoms with Gasteiger partial charge in [0.25, 0.3) is 0 Å². The molecule has 0 amide bonds. The lowest BCUT2D eigenvalue weighted by molar-refractivity contribution is -0.187. The van der Waals surface area contributed by atoms with Crippen LogP contribution in [0.25, 0.3) is 0 Å². The summed E-state index contributed by atoms with van der Waals surface area (Å²) in [6.07, 6.45) is 5.83. The second kappa shape index (κ2) is 10.2. The van der Waals surface area contributed by atoms with Gasteiger partial charge in [0.2, 0.25) is 0 Å². The van der Waals surface area contributed by atoms with Crippen molar-refractivity contribution in [1.29, 1.82) is 0 Å². The SMILES string of the molecule is Cc1ccc(OC(F)(F)c2ccc(C3CCC(C4CCC(C[SiH3])CC4)CC3)cc2F)cc1F. The standard InChI is InChI=1S/C27H34F4OSi/c1-17-2-12-23(15-25(17)28)32-27(30,31)24-13-11-22(14-26(24)29)21-9-7-20(8-10-21)19-5-3-18(16-33)4-6-19/h2,11-15,18-21H,3-10,16H2,1,33H3. The fraction of sp³-hybridized carbons (Fsp3) is 0.556. The van der Waals surface area contributed by atoms with Crippen LogP contribution in [0.2, 0.25) is 6.04 Å². The molecule has 0 saturated heterocycles. The summed E-state index contributed by atoms with van der Waals surface area (Å²) in [5.41, 5.74) is 0.286. The van der Waals surface area contributed by atoms with Gasteiger partial charge in [0.15, 0.2) is 0 Å². The van der Waals surface area contributed by atoms with Crippen LogP contribution in [0, 0.1) is 36.3 Å². The summed E-state index contributed by atoms with van der Waals surface area (Å²) in [6, 6.07) is 8.89. The third kappa shape index (κ3) is 5.64. The number of alkyl halides is 2. The maximum absolute atomic E-state index is 14.8. The van der Waals surface area contributed by atoms with Gasteiger partial charge in [0.1, 0.15) is 17.4 Å². The minimum absolute atomic E-state index is 0.212. The summed E-state index contributed by atoms with van der Waals surface area (Å²) in [6.45, 7) is 1.53. The topological polar surface area (TPSA) is 9.23 Å². The molecule has 2 aromatic rings. The number of benzene rings is 2. The molecule has 2 saturated carbocycles. The van der Waals surface area contributed by atoms with Crippen molar-refractivity contribution in [3.63, 3.8) is 0 Å². The predicted octanol–water partition coefficient (Wildman–Crippen LogP) is 7.27. The smallest absolute Gasteiger partial charge is 0.429 e. The Morgan fingerprint density at radius 2 is 1.48 bits per heavy atom. The van der Waals surface area contributed by atoms with Crippen LogP contribution in [0.3, 0.4) is 0 Å². The van der Waals surface area contributed by atoms with Crippen molar-refractivity contribution in [2.24, 2.45) is 17.8 Å². The summed E-state index contributed by atoms with van der Waals surface area (Å²) in [4.78, 5) is 0. The van der Waals surface area contributed by atoms with Gasteiger partial charge in [0.05, 0.1) is 5.56 Å². The molecule has 0 spiro atoms. The van der Waals surface area contributed by atoms with Crippen LogP contribution in [0.4, 0.5) is 17.6 Å². The Balaban J connectivity index is 1.38. The highest BCUT2D eigenvalue weighted by molar-refractivity contribution is 6.08. The zero-order chi connectivity index (χ0) is 23.6. The molecule has 2 aliphatic rings. The van der Waals surface area contributed by atoms with E-state index in [-0.39, 0.29) is 11.7 Å². The maximum atomic E-state index is 14.8. The molecule has 4 rings (SSSR count). The van der Waals surface area contributed by atoms with E-state index >= 15 is 0 Å². The molecule has 0 atom stereocenters. The molecule has 2 fully saturated rings. The monoisotopic (exact) mass is 478 g/mol. The second-order valence-electron chi connectivity index (χ2n) is 10.1. The van der Waals surface area contributed by atoms with Crippen molar-refractivity contribution in [1.82, 2.24) is 0 Å². The summed E-state index contributed by atoms with van der Waals surface area (Å²) in [5.74, 6) is 0.801. The average Bonchev–Trinajstić information content (AvgIpc) is 2.81. The molecule has 0 N–H and O–H groups in total. The molecule has 180 valence electrons. The zero-order valence-corrected chi connectivity index (χ0v) is 21.6. The Kier molecular flexibility index (Phi) is 7.52. The number of halogens is 4. The van der Waals surface area contributed by atoms with E-state index < -0.39 is 23.3 Å². The molecule has 33 heavy (non-hydrogen) atoms. The average molecular weight is 479 g/mol. The van der Waals surface area contributed by atoms with E-state index in [1.165, 1.54) is 67.1 Å². The normalized spacial score (nSPS) is 26.3. The van der Waals surface area contributed by atoms with Gasteiger partial charge in [-0.15, -0.1) is 0 Å². The Bertz CT molecular complexity index is 947. The lowest BCUT2D eigenvalue weighted by Gasteiger charge is -2.38. The van der Waals surface area contributed by atoms with Crippen LogP contribution >= 0.6 is 0 Å². The van der Waals surface area contributed by atoms with Gasteiger partial charge in [-0.25, -0.2) is 8.78 Å². The van der Waals surface area contributed by atoms with Crippen molar-refractivity contribution in [2.75, 3.05) is 0 Å². The summed E-state index contributed by atoms with van der Waals surface area (Å²) in [7, 11) is 1.30. The number of hydrogen-bond acceptors (Lipinski definition) is 1. The first kappa shape index (κ1) is 24.3. The fourth-order valence-corrected chi connectivity index (χ4v) is 6.67. The van der Waals surface area contributed by atoms with E-state index in [0.29, 0.717) is 5.56 Å². The fourth-order valence-electron chi connectivity index (χ4n) is 5.85. The van der Waals surface area contributed by atoms with Crippen LogP contribution in [0.15, 0.2) is 36.4 Å². The molecular formula is C27H34F4OSi. The van der Waals surface area contributed by atoms with Crippen LogP contribution in [-0.2, 0) is 6.11 Å². The first-order valence-electron chi connectivity index (χ1n) is 12.4. The highest BCUT2D eigenvalue weighted by Gasteiger charge is 2.38. The quantitative estimate of drug-likeness (QED) is 0.313. The lowest BCUT2D eigenvalue weighted by atomic mass is 9.68. The third-order valence-electron chi connectivity index (χ3n) is 8.07. The molecule has 1 nitrogen and oxygen atoms in total. The van der Waals surface area contributed by atoms with E-state index in [2.05, 4.69) is 4.74 Å². The second-order valence-corrected chi connectivity index (χ2v) is 10.9.